The minimum atomic E-state index is 0.365. The Balaban J connectivity index is 0.000000181. The first-order chi connectivity index (χ1) is 7.83. The SMILES string of the molecule is NC1CCNC1.O=COCc1ccccc1. The van der Waals surface area contributed by atoms with Gasteiger partial charge in [-0.2, -0.15) is 0 Å². The van der Waals surface area contributed by atoms with Crippen LogP contribution in [-0.4, -0.2) is 25.6 Å². The van der Waals surface area contributed by atoms with E-state index in [9.17, 15) is 4.79 Å². The van der Waals surface area contributed by atoms with E-state index in [2.05, 4.69) is 10.1 Å². The van der Waals surface area contributed by atoms with Crippen LogP contribution in [0, 0.1) is 0 Å². The molecule has 88 valence electrons. The van der Waals surface area contributed by atoms with Crippen LogP contribution in [0.4, 0.5) is 0 Å². The molecule has 16 heavy (non-hydrogen) atoms. The molecule has 1 atom stereocenters. The second-order valence-electron chi connectivity index (χ2n) is 3.65. The summed E-state index contributed by atoms with van der Waals surface area (Å²) in [5.74, 6) is 0. The molecule has 0 bridgehead atoms. The number of hydrogen-bond acceptors (Lipinski definition) is 4. The molecule has 1 aromatic rings. The Kier molecular flexibility index (Phi) is 6.22. The largest absolute Gasteiger partial charge is 0.463 e. The summed E-state index contributed by atoms with van der Waals surface area (Å²) in [6, 6.07) is 9.98. The molecule has 0 aliphatic carbocycles. The fourth-order valence-electron chi connectivity index (χ4n) is 1.38. The van der Waals surface area contributed by atoms with Gasteiger partial charge in [-0.1, -0.05) is 30.3 Å². The van der Waals surface area contributed by atoms with E-state index in [1.807, 2.05) is 30.3 Å². The average molecular weight is 222 g/mol. The van der Waals surface area contributed by atoms with Crippen molar-refractivity contribution in [2.24, 2.45) is 5.73 Å². The molecule has 1 unspecified atom stereocenters. The third-order valence-electron chi connectivity index (χ3n) is 2.26. The highest BCUT2D eigenvalue weighted by Crippen LogP contribution is 1.98. The molecule has 1 aliphatic rings. The van der Waals surface area contributed by atoms with Gasteiger partial charge >= 0.3 is 0 Å². The van der Waals surface area contributed by atoms with Crippen molar-refractivity contribution in [2.45, 2.75) is 19.1 Å². The Morgan fingerprint density at radius 1 is 1.44 bits per heavy atom. The van der Waals surface area contributed by atoms with Crippen LogP contribution in [-0.2, 0) is 16.1 Å². The molecule has 1 aliphatic heterocycles. The summed E-state index contributed by atoms with van der Waals surface area (Å²) >= 11 is 0. The predicted molar refractivity (Wildman–Crippen MR) is 62.8 cm³/mol. The normalized spacial score (nSPS) is 18.4. The maximum absolute atomic E-state index is 9.76. The van der Waals surface area contributed by atoms with Gasteiger partial charge in [-0.3, -0.25) is 4.79 Å². The molecular weight excluding hydrogens is 204 g/mol. The standard InChI is InChI=1S/C8H8O2.C4H10N2/c9-7-10-6-8-4-2-1-3-5-8;5-4-1-2-6-3-4/h1-5,7H,6H2;4,6H,1-3,5H2. The molecule has 1 saturated heterocycles. The van der Waals surface area contributed by atoms with E-state index in [0.717, 1.165) is 25.1 Å². The third kappa shape index (κ3) is 5.48. The molecule has 0 saturated carbocycles. The van der Waals surface area contributed by atoms with Crippen LogP contribution in [0.1, 0.15) is 12.0 Å². The lowest BCUT2D eigenvalue weighted by molar-refractivity contribution is -0.129. The van der Waals surface area contributed by atoms with Crippen LogP contribution in [0.2, 0.25) is 0 Å². The number of rotatable bonds is 3. The van der Waals surface area contributed by atoms with E-state index in [4.69, 9.17) is 5.73 Å². The Hall–Kier alpha value is -1.39. The van der Waals surface area contributed by atoms with Crippen LogP contribution in [0.5, 0.6) is 0 Å². The van der Waals surface area contributed by atoms with E-state index in [0.29, 0.717) is 19.1 Å². The summed E-state index contributed by atoms with van der Waals surface area (Å²) in [6.45, 7) is 2.94. The third-order valence-corrected chi connectivity index (χ3v) is 2.26. The van der Waals surface area contributed by atoms with Gasteiger partial charge in [0.15, 0.2) is 0 Å². The van der Waals surface area contributed by atoms with Crippen LogP contribution in [0.15, 0.2) is 30.3 Å². The zero-order chi connectivity index (χ0) is 11.6. The van der Waals surface area contributed by atoms with Gasteiger partial charge in [-0.05, 0) is 18.5 Å². The lowest BCUT2D eigenvalue weighted by Gasteiger charge is -1.95. The molecular formula is C12H18N2O2. The molecule has 1 heterocycles. The van der Waals surface area contributed by atoms with Gasteiger partial charge in [-0.15, -0.1) is 0 Å². The van der Waals surface area contributed by atoms with Crippen molar-refractivity contribution in [3.8, 4) is 0 Å². The van der Waals surface area contributed by atoms with Crippen LogP contribution >= 0.6 is 0 Å². The number of benzene rings is 1. The summed E-state index contributed by atoms with van der Waals surface area (Å²) in [6.07, 6.45) is 1.15. The van der Waals surface area contributed by atoms with Crippen LogP contribution in [0.3, 0.4) is 0 Å². The Labute approximate surface area is 95.8 Å². The van der Waals surface area contributed by atoms with Crippen molar-refractivity contribution in [1.29, 1.82) is 0 Å². The van der Waals surface area contributed by atoms with E-state index in [1.165, 1.54) is 0 Å². The van der Waals surface area contributed by atoms with Gasteiger partial charge in [0.25, 0.3) is 6.47 Å². The maximum atomic E-state index is 9.76. The van der Waals surface area contributed by atoms with E-state index >= 15 is 0 Å². The van der Waals surface area contributed by atoms with Crippen molar-refractivity contribution in [3.05, 3.63) is 35.9 Å². The lowest BCUT2D eigenvalue weighted by Crippen LogP contribution is -2.21. The molecule has 4 heteroatoms. The summed E-state index contributed by atoms with van der Waals surface area (Å²) in [5.41, 5.74) is 6.48. The van der Waals surface area contributed by atoms with Crippen molar-refractivity contribution in [1.82, 2.24) is 5.32 Å². The van der Waals surface area contributed by atoms with Crippen molar-refractivity contribution in [2.75, 3.05) is 13.1 Å². The predicted octanol–water partition coefficient (Wildman–Crippen LogP) is 0.667. The van der Waals surface area contributed by atoms with Crippen molar-refractivity contribution in [3.63, 3.8) is 0 Å². The fourth-order valence-corrected chi connectivity index (χ4v) is 1.38. The molecule has 0 spiro atoms. The van der Waals surface area contributed by atoms with Crippen LogP contribution in [0.25, 0.3) is 0 Å². The number of hydrogen-bond donors (Lipinski definition) is 2. The monoisotopic (exact) mass is 222 g/mol. The van der Waals surface area contributed by atoms with E-state index < -0.39 is 0 Å². The topological polar surface area (TPSA) is 64.3 Å². The number of nitrogens with one attached hydrogen (secondary N) is 1. The van der Waals surface area contributed by atoms with Gasteiger partial charge in [0, 0.05) is 12.6 Å². The molecule has 0 aromatic heterocycles. The van der Waals surface area contributed by atoms with Gasteiger partial charge in [0.05, 0.1) is 0 Å². The van der Waals surface area contributed by atoms with E-state index in [-0.39, 0.29) is 0 Å². The Morgan fingerprint density at radius 2 is 2.19 bits per heavy atom. The quantitative estimate of drug-likeness (QED) is 0.738. The highest BCUT2D eigenvalue weighted by Gasteiger charge is 2.06. The minimum Gasteiger partial charge on any atom is -0.463 e. The second kappa shape index (κ2) is 7.84. The fraction of sp³-hybridized carbons (Fsp3) is 0.417. The molecule has 0 amide bonds. The van der Waals surface area contributed by atoms with Crippen LogP contribution < -0.4 is 11.1 Å². The van der Waals surface area contributed by atoms with Gasteiger partial charge in [-0.25, -0.2) is 0 Å². The summed E-state index contributed by atoms with van der Waals surface area (Å²) in [7, 11) is 0. The smallest absolute Gasteiger partial charge is 0.293 e. The molecule has 3 N–H and O–H groups in total. The highest BCUT2D eigenvalue weighted by atomic mass is 16.5. The second-order valence-corrected chi connectivity index (χ2v) is 3.65. The molecule has 1 fully saturated rings. The molecule has 4 nitrogen and oxygen atoms in total. The lowest BCUT2D eigenvalue weighted by atomic mass is 10.2. The first kappa shape index (κ1) is 12.7. The van der Waals surface area contributed by atoms with Gasteiger partial charge in [0.1, 0.15) is 6.61 Å². The van der Waals surface area contributed by atoms with Crippen molar-refractivity contribution >= 4 is 6.47 Å². The van der Waals surface area contributed by atoms with Gasteiger partial charge in [0.2, 0.25) is 0 Å². The molecule has 2 rings (SSSR count). The average Bonchev–Trinajstić information content (AvgIpc) is 2.80. The summed E-state index contributed by atoms with van der Waals surface area (Å²) < 4.78 is 4.54. The molecule has 0 radical (unpaired) electrons. The Morgan fingerprint density at radius 3 is 2.62 bits per heavy atom. The number of carbonyl (C=O) groups excluding carboxylic acids is 1. The highest BCUT2D eigenvalue weighted by molar-refractivity contribution is 5.37. The Bertz CT molecular complexity index is 284. The summed E-state index contributed by atoms with van der Waals surface area (Å²) in [5, 5.41) is 3.15. The van der Waals surface area contributed by atoms with E-state index in [1.54, 1.807) is 0 Å². The number of nitrogens with two attached hydrogens (primary N) is 1. The number of carbonyl (C=O) groups is 1. The molecule has 1 aromatic carbocycles. The first-order valence-electron chi connectivity index (χ1n) is 5.38. The zero-order valence-electron chi connectivity index (χ0n) is 9.26. The zero-order valence-corrected chi connectivity index (χ0v) is 9.26. The number of ether oxygens (including phenoxy) is 1. The summed E-state index contributed by atoms with van der Waals surface area (Å²) in [4.78, 5) is 9.76. The minimum absolute atomic E-state index is 0.365. The van der Waals surface area contributed by atoms with Gasteiger partial charge < -0.3 is 15.8 Å². The maximum Gasteiger partial charge on any atom is 0.293 e. The van der Waals surface area contributed by atoms with Crippen molar-refractivity contribution < 1.29 is 9.53 Å². The first-order valence-corrected chi connectivity index (χ1v) is 5.38.